The van der Waals surface area contributed by atoms with E-state index in [0.717, 1.165) is 11.1 Å². The minimum atomic E-state index is -1.09. The van der Waals surface area contributed by atoms with Crippen molar-refractivity contribution in [3.8, 4) is 5.75 Å². The van der Waals surface area contributed by atoms with Gasteiger partial charge in [0.15, 0.2) is 5.54 Å². The van der Waals surface area contributed by atoms with Crippen LogP contribution < -0.4 is 10.2 Å². The van der Waals surface area contributed by atoms with E-state index in [2.05, 4.69) is 10.5 Å². The van der Waals surface area contributed by atoms with Crippen LogP contribution >= 0.6 is 0 Å². The van der Waals surface area contributed by atoms with Gasteiger partial charge in [-0.2, -0.15) is 0 Å². The predicted octanol–water partition coefficient (Wildman–Crippen LogP) is 1.88. The molecule has 0 saturated carbocycles. The summed E-state index contributed by atoms with van der Waals surface area (Å²) in [6.07, 6.45) is 0.975. The van der Waals surface area contributed by atoms with Crippen LogP contribution in [0.3, 0.4) is 0 Å². The van der Waals surface area contributed by atoms with Gasteiger partial charge in [0.05, 0.1) is 13.7 Å². The third kappa shape index (κ3) is 4.68. The van der Waals surface area contributed by atoms with E-state index in [4.69, 9.17) is 19.4 Å². The molecule has 1 atom stereocenters. The summed E-state index contributed by atoms with van der Waals surface area (Å²) in [6, 6.07) is 17.0. The Hall–Kier alpha value is -2.90. The number of hydroxylamine groups is 1. The van der Waals surface area contributed by atoms with Gasteiger partial charge >= 0.3 is 0 Å². The molecule has 0 saturated heterocycles. The number of aliphatic hydroxyl groups is 1. The van der Waals surface area contributed by atoms with Gasteiger partial charge in [0.2, 0.25) is 5.90 Å². The molecule has 0 unspecified atom stereocenters. The molecule has 3 rings (SSSR count). The smallest absolute Gasteiger partial charge is 0.275 e. The Balaban J connectivity index is 1.80. The van der Waals surface area contributed by atoms with Crippen LogP contribution in [0.25, 0.3) is 0 Å². The number of nitrogens with one attached hydrogen (secondary N) is 1. The first-order valence-corrected chi connectivity index (χ1v) is 9.11. The first kappa shape index (κ1) is 19.9. The van der Waals surface area contributed by atoms with Crippen LogP contribution in [-0.4, -0.2) is 49.4 Å². The number of aliphatic imine (C=N–C) groups is 1. The maximum atomic E-state index is 12.7. The second-order valence-corrected chi connectivity index (χ2v) is 6.48. The van der Waals surface area contributed by atoms with E-state index in [1.54, 1.807) is 0 Å². The average Bonchev–Trinajstić information content (AvgIpc) is 3.15. The first-order chi connectivity index (χ1) is 13.7. The number of hydrogen-bond donors (Lipinski definition) is 2. The standard InChI is InChI=1S/C21H24N2O5/c1-26-23-20(25)21(14-16-6-3-2-4-7-16)15-28-19(22-21)17-8-10-18(11-9-17)27-13-5-12-24/h2-4,6-11,24H,5,12-15H2,1H3,(H,23,25)/t21-/m0/s1. The quantitative estimate of drug-likeness (QED) is 0.509. The highest BCUT2D eigenvalue weighted by molar-refractivity contribution is 6.00. The van der Waals surface area contributed by atoms with Crippen LogP contribution in [0, 0.1) is 0 Å². The van der Waals surface area contributed by atoms with Crippen molar-refractivity contribution in [1.29, 1.82) is 0 Å². The van der Waals surface area contributed by atoms with E-state index in [1.165, 1.54) is 7.11 Å². The lowest BCUT2D eigenvalue weighted by atomic mass is 9.92. The predicted molar refractivity (Wildman–Crippen MR) is 104 cm³/mol. The molecule has 1 heterocycles. The Kier molecular flexibility index (Phi) is 6.62. The van der Waals surface area contributed by atoms with Crippen molar-refractivity contribution in [2.75, 3.05) is 26.9 Å². The minimum Gasteiger partial charge on any atom is -0.494 e. The van der Waals surface area contributed by atoms with Gasteiger partial charge in [0.1, 0.15) is 12.4 Å². The van der Waals surface area contributed by atoms with Gasteiger partial charge in [0.25, 0.3) is 5.91 Å². The lowest BCUT2D eigenvalue weighted by molar-refractivity contribution is -0.137. The number of ether oxygens (including phenoxy) is 2. The Morgan fingerprint density at radius 2 is 1.96 bits per heavy atom. The van der Waals surface area contributed by atoms with Crippen LogP contribution in [0.4, 0.5) is 0 Å². The number of aliphatic hydroxyl groups excluding tert-OH is 1. The van der Waals surface area contributed by atoms with E-state index in [1.807, 2.05) is 54.6 Å². The Morgan fingerprint density at radius 3 is 2.64 bits per heavy atom. The number of hydrogen-bond acceptors (Lipinski definition) is 6. The second kappa shape index (κ2) is 9.34. The Bertz CT molecular complexity index is 807. The van der Waals surface area contributed by atoms with E-state index in [0.29, 0.717) is 31.1 Å². The molecule has 0 aliphatic carbocycles. The highest BCUT2D eigenvalue weighted by Gasteiger charge is 2.44. The number of carbonyl (C=O) groups is 1. The van der Waals surface area contributed by atoms with Crippen molar-refractivity contribution in [3.05, 3.63) is 65.7 Å². The zero-order valence-electron chi connectivity index (χ0n) is 15.8. The van der Waals surface area contributed by atoms with Crippen molar-refractivity contribution in [3.63, 3.8) is 0 Å². The SMILES string of the molecule is CONC(=O)[C@]1(Cc2ccccc2)COC(c2ccc(OCCCO)cc2)=N1. The Labute approximate surface area is 163 Å². The number of amides is 1. The van der Waals surface area contributed by atoms with Gasteiger partial charge in [-0.3, -0.25) is 9.63 Å². The summed E-state index contributed by atoms with van der Waals surface area (Å²) < 4.78 is 11.3. The largest absolute Gasteiger partial charge is 0.494 e. The molecule has 148 valence electrons. The van der Waals surface area contributed by atoms with Gasteiger partial charge in [-0.15, -0.1) is 0 Å². The van der Waals surface area contributed by atoms with Gasteiger partial charge in [-0.25, -0.2) is 10.5 Å². The molecule has 0 fully saturated rings. The molecule has 28 heavy (non-hydrogen) atoms. The molecule has 1 aliphatic rings. The summed E-state index contributed by atoms with van der Waals surface area (Å²) >= 11 is 0. The van der Waals surface area contributed by atoms with Crippen molar-refractivity contribution >= 4 is 11.8 Å². The van der Waals surface area contributed by atoms with Crippen molar-refractivity contribution in [2.24, 2.45) is 4.99 Å². The topological polar surface area (TPSA) is 89.4 Å². The molecule has 0 aromatic heterocycles. The highest BCUT2D eigenvalue weighted by Crippen LogP contribution is 2.27. The molecule has 2 aromatic carbocycles. The molecule has 7 heteroatoms. The van der Waals surface area contributed by atoms with Gasteiger partial charge < -0.3 is 14.6 Å². The van der Waals surface area contributed by atoms with Crippen molar-refractivity contribution in [1.82, 2.24) is 5.48 Å². The molecule has 0 radical (unpaired) electrons. The maximum Gasteiger partial charge on any atom is 0.275 e. The summed E-state index contributed by atoms with van der Waals surface area (Å²) in [5.74, 6) is 0.755. The summed E-state index contributed by atoms with van der Waals surface area (Å²) in [5.41, 5.74) is 3.04. The minimum absolute atomic E-state index is 0.0930. The van der Waals surface area contributed by atoms with Crippen LogP contribution in [0.5, 0.6) is 5.75 Å². The third-order valence-corrected chi connectivity index (χ3v) is 4.39. The number of benzene rings is 2. The fourth-order valence-electron chi connectivity index (χ4n) is 2.95. The summed E-state index contributed by atoms with van der Waals surface area (Å²) in [4.78, 5) is 22.1. The monoisotopic (exact) mass is 384 g/mol. The van der Waals surface area contributed by atoms with E-state index >= 15 is 0 Å². The lowest BCUT2D eigenvalue weighted by Crippen LogP contribution is -2.48. The van der Waals surface area contributed by atoms with Crippen LogP contribution in [-0.2, 0) is 20.8 Å². The number of carbonyl (C=O) groups excluding carboxylic acids is 1. The first-order valence-electron chi connectivity index (χ1n) is 9.11. The number of rotatable bonds is 9. The highest BCUT2D eigenvalue weighted by atomic mass is 16.6. The van der Waals surface area contributed by atoms with Crippen LogP contribution in [0.2, 0.25) is 0 Å². The summed E-state index contributed by atoms with van der Waals surface area (Å²) in [6.45, 7) is 0.668. The molecular weight excluding hydrogens is 360 g/mol. The average molecular weight is 384 g/mol. The summed E-state index contributed by atoms with van der Waals surface area (Å²) in [5, 5.41) is 8.82. The molecule has 2 N–H and O–H groups in total. The number of nitrogens with zero attached hydrogens (tertiary/aromatic N) is 1. The van der Waals surface area contributed by atoms with E-state index < -0.39 is 5.54 Å². The zero-order valence-corrected chi connectivity index (χ0v) is 15.8. The molecule has 1 aliphatic heterocycles. The normalized spacial score (nSPS) is 18.3. The molecule has 2 aromatic rings. The van der Waals surface area contributed by atoms with Gasteiger partial charge in [-0.05, 0) is 29.8 Å². The van der Waals surface area contributed by atoms with Crippen LogP contribution in [0.15, 0.2) is 59.6 Å². The molecule has 0 spiro atoms. The lowest BCUT2D eigenvalue weighted by Gasteiger charge is -2.22. The summed E-state index contributed by atoms with van der Waals surface area (Å²) in [7, 11) is 1.39. The zero-order chi connectivity index (χ0) is 19.8. The fourth-order valence-corrected chi connectivity index (χ4v) is 2.95. The molecular formula is C21H24N2O5. The van der Waals surface area contributed by atoms with E-state index in [9.17, 15) is 4.79 Å². The van der Waals surface area contributed by atoms with Gasteiger partial charge in [0, 0.05) is 25.0 Å². The second-order valence-electron chi connectivity index (χ2n) is 6.48. The maximum absolute atomic E-state index is 12.7. The molecule has 1 amide bonds. The molecule has 7 nitrogen and oxygen atoms in total. The third-order valence-electron chi connectivity index (χ3n) is 4.39. The van der Waals surface area contributed by atoms with Crippen molar-refractivity contribution in [2.45, 2.75) is 18.4 Å². The van der Waals surface area contributed by atoms with Crippen LogP contribution in [0.1, 0.15) is 17.5 Å². The van der Waals surface area contributed by atoms with E-state index in [-0.39, 0.29) is 19.1 Å². The fraction of sp³-hybridized carbons (Fsp3) is 0.333. The molecule has 0 bridgehead atoms. The van der Waals surface area contributed by atoms with Gasteiger partial charge in [-0.1, -0.05) is 30.3 Å². The van der Waals surface area contributed by atoms with Crippen molar-refractivity contribution < 1.29 is 24.2 Å². The Morgan fingerprint density at radius 1 is 1.21 bits per heavy atom.